The molecule has 0 bridgehead atoms. The molecule has 1 aromatic heterocycles. The molecule has 0 spiro atoms. The molecule has 0 aliphatic heterocycles. The molecule has 0 atom stereocenters. The van der Waals surface area contributed by atoms with Gasteiger partial charge >= 0.3 is 0 Å². The van der Waals surface area contributed by atoms with E-state index in [0.29, 0.717) is 12.0 Å². The third-order valence-corrected chi connectivity index (χ3v) is 2.69. The number of nitrogens with one attached hydrogen (secondary N) is 1. The summed E-state index contributed by atoms with van der Waals surface area (Å²) in [6.45, 7) is 13.0. The predicted molar refractivity (Wildman–Crippen MR) is 68.7 cm³/mol. The van der Waals surface area contributed by atoms with Gasteiger partial charge in [-0.15, -0.1) is 0 Å². The van der Waals surface area contributed by atoms with Crippen LogP contribution in [-0.2, 0) is 6.54 Å². The molecule has 0 unspecified atom stereocenters. The molecule has 0 aromatic carbocycles. The minimum Gasteiger partial charge on any atom is -0.313 e. The summed E-state index contributed by atoms with van der Waals surface area (Å²) in [7, 11) is 0. The van der Waals surface area contributed by atoms with Crippen LogP contribution in [0, 0.1) is 0 Å². The standard InChI is InChI=1S/C13H25N3/c1-6-7-14-8-12-9-15-16(11(4)5)13(12)10(2)3/h9-11,14H,6-8H2,1-5H3. The molecule has 0 saturated heterocycles. The van der Waals surface area contributed by atoms with Gasteiger partial charge in [0, 0.05) is 23.8 Å². The Balaban J connectivity index is 2.83. The normalized spacial score (nSPS) is 11.7. The number of hydrogen-bond acceptors (Lipinski definition) is 2. The van der Waals surface area contributed by atoms with Gasteiger partial charge in [-0.25, -0.2) is 0 Å². The van der Waals surface area contributed by atoms with Crippen molar-refractivity contribution in [2.75, 3.05) is 6.54 Å². The molecule has 0 radical (unpaired) electrons. The second kappa shape index (κ2) is 6.04. The minimum atomic E-state index is 0.442. The van der Waals surface area contributed by atoms with E-state index in [1.807, 2.05) is 6.20 Å². The van der Waals surface area contributed by atoms with Crippen molar-refractivity contribution in [3.63, 3.8) is 0 Å². The molecule has 92 valence electrons. The third kappa shape index (κ3) is 3.08. The van der Waals surface area contributed by atoms with E-state index in [-0.39, 0.29) is 0 Å². The maximum atomic E-state index is 4.49. The molecule has 3 nitrogen and oxygen atoms in total. The van der Waals surface area contributed by atoms with E-state index < -0.39 is 0 Å². The Morgan fingerprint density at radius 3 is 2.50 bits per heavy atom. The summed E-state index contributed by atoms with van der Waals surface area (Å²) >= 11 is 0. The molecule has 1 N–H and O–H groups in total. The zero-order valence-corrected chi connectivity index (χ0v) is 11.2. The number of hydrogen-bond donors (Lipinski definition) is 1. The number of nitrogens with zero attached hydrogens (tertiary/aromatic N) is 2. The number of rotatable bonds is 6. The monoisotopic (exact) mass is 223 g/mol. The van der Waals surface area contributed by atoms with Gasteiger partial charge in [-0.2, -0.15) is 5.10 Å². The largest absolute Gasteiger partial charge is 0.313 e. The Morgan fingerprint density at radius 1 is 1.31 bits per heavy atom. The Kier molecular flexibility index (Phi) is 5.00. The second-order valence-corrected chi connectivity index (χ2v) is 4.92. The van der Waals surface area contributed by atoms with Gasteiger partial charge in [0.25, 0.3) is 0 Å². The fourth-order valence-electron chi connectivity index (χ4n) is 1.99. The fraction of sp³-hybridized carbons (Fsp3) is 0.769. The van der Waals surface area contributed by atoms with Crippen LogP contribution in [0.15, 0.2) is 6.20 Å². The van der Waals surface area contributed by atoms with Gasteiger partial charge in [0.15, 0.2) is 0 Å². The molecular weight excluding hydrogens is 198 g/mol. The Bertz CT molecular complexity index is 313. The zero-order chi connectivity index (χ0) is 12.1. The van der Waals surface area contributed by atoms with E-state index in [1.54, 1.807) is 0 Å². The first kappa shape index (κ1) is 13.2. The highest BCUT2D eigenvalue weighted by Crippen LogP contribution is 2.22. The third-order valence-electron chi connectivity index (χ3n) is 2.69. The van der Waals surface area contributed by atoms with E-state index in [2.05, 4.69) is 49.7 Å². The van der Waals surface area contributed by atoms with E-state index in [0.717, 1.165) is 13.1 Å². The molecule has 0 saturated carbocycles. The van der Waals surface area contributed by atoms with Crippen molar-refractivity contribution in [3.8, 4) is 0 Å². The van der Waals surface area contributed by atoms with E-state index in [9.17, 15) is 0 Å². The molecule has 3 heteroatoms. The van der Waals surface area contributed by atoms with Crippen molar-refractivity contribution in [1.82, 2.24) is 15.1 Å². The maximum Gasteiger partial charge on any atom is 0.0537 e. The van der Waals surface area contributed by atoms with Crippen LogP contribution in [-0.4, -0.2) is 16.3 Å². The summed E-state index contributed by atoms with van der Waals surface area (Å²) in [5.41, 5.74) is 2.72. The van der Waals surface area contributed by atoms with Gasteiger partial charge in [0.05, 0.1) is 6.20 Å². The topological polar surface area (TPSA) is 29.9 Å². The van der Waals surface area contributed by atoms with Gasteiger partial charge in [-0.1, -0.05) is 20.8 Å². The SMILES string of the molecule is CCCNCc1cnn(C(C)C)c1C(C)C. The second-order valence-electron chi connectivity index (χ2n) is 4.92. The number of aromatic nitrogens is 2. The van der Waals surface area contributed by atoms with Crippen LogP contribution in [0.1, 0.15) is 64.3 Å². The summed E-state index contributed by atoms with van der Waals surface area (Å²) < 4.78 is 2.15. The van der Waals surface area contributed by atoms with Gasteiger partial charge in [-0.05, 0) is 32.7 Å². The van der Waals surface area contributed by atoms with Crippen molar-refractivity contribution in [1.29, 1.82) is 0 Å². The molecule has 0 aliphatic rings. The van der Waals surface area contributed by atoms with Crippen molar-refractivity contribution >= 4 is 0 Å². The van der Waals surface area contributed by atoms with Gasteiger partial charge in [0.2, 0.25) is 0 Å². The first-order chi connectivity index (χ1) is 7.57. The summed E-state index contributed by atoms with van der Waals surface area (Å²) in [5, 5.41) is 7.94. The summed E-state index contributed by atoms with van der Waals surface area (Å²) in [6, 6.07) is 0.442. The highest BCUT2D eigenvalue weighted by molar-refractivity contribution is 5.21. The average Bonchev–Trinajstić information content (AvgIpc) is 2.62. The summed E-state index contributed by atoms with van der Waals surface area (Å²) in [5.74, 6) is 0.531. The Labute approximate surface area is 99.2 Å². The van der Waals surface area contributed by atoms with Crippen LogP contribution in [0.4, 0.5) is 0 Å². The van der Waals surface area contributed by atoms with E-state index in [4.69, 9.17) is 0 Å². The smallest absolute Gasteiger partial charge is 0.0537 e. The van der Waals surface area contributed by atoms with Gasteiger partial charge < -0.3 is 5.32 Å². The zero-order valence-electron chi connectivity index (χ0n) is 11.2. The van der Waals surface area contributed by atoms with Crippen molar-refractivity contribution in [2.24, 2.45) is 0 Å². The van der Waals surface area contributed by atoms with E-state index >= 15 is 0 Å². The van der Waals surface area contributed by atoms with Gasteiger partial charge in [0.1, 0.15) is 0 Å². The maximum absolute atomic E-state index is 4.49. The van der Waals surface area contributed by atoms with Crippen molar-refractivity contribution in [2.45, 2.75) is 59.5 Å². The molecular formula is C13H25N3. The Hall–Kier alpha value is -0.830. The molecule has 1 heterocycles. The lowest BCUT2D eigenvalue weighted by Gasteiger charge is -2.15. The van der Waals surface area contributed by atoms with E-state index in [1.165, 1.54) is 17.7 Å². The summed E-state index contributed by atoms with van der Waals surface area (Å²) in [4.78, 5) is 0. The first-order valence-electron chi connectivity index (χ1n) is 6.34. The average molecular weight is 223 g/mol. The minimum absolute atomic E-state index is 0.442. The molecule has 16 heavy (non-hydrogen) atoms. The summed E-state index contributed by atoms with van der Waals surface area (Å²) in [6.07, 6.45) is 3.19. The fourth-order valence-corrected chi connectivity index (χ4v) is 1.99. The van der Waals surface area contributed by atoms with Crippen molar-refractivity contribution < 1.29 is 0 Å². The lowest BCUT2D eigenvalue weighted by atomic mass is 10.1. The Morgan fingerprint density at radius 2 is 2.00 bits per heavy atom. The van der Waals surface area contributed by atoms with Crippen LogP contribution >= 0.6 is 0 Å². The molecule has 1 aromatic rings. The highest BCUT2D eigenvalue weighted by atomic mass is 15.3. The van der Waals surface area contributed by atoms with Crippen LogP contribution < -0.4 is 5.32 Å². The predicted octanol–water partition coefficient (Wildman–Crippen LogP) is 3.09. The molecule has 0 amide bonds. The lowest BCUT2D eigenvalue weighted by Crippen LogP contribution is -2.16. The quantitative estimate of drug-likeness (QED) is 0.751. The molecule has 1 rings (SSSR count). The molecule has 0 fully saturated rings. The van der Waals surface area contributed by atoms with Gasteiger partial charge in [-0.3, -0.25) is 4.68 Å². The lowest BCUT2D eigenvalue weighted by molar-refractivity contribution is 0.495. The van der Waals surface area contributed by atoms with Crippen LogP contribution in [0.2, 0.25) is 0 Å². The molecule has 0 aliphatic carbocycles. The first-order valence-corrected chi connectivity index (χ1v) is 6.34. The highest BCUT2D eigenvalue weighted by Gasteiger charge is 2.15. The van der Waals surface area contributed by atoms with Crippen molar-refractivity contribution in [3.05, 3.63) is 17.5 Å². The van der Waals surface area contributed by atoms with Crippen LogP contribution in [0.3, 0.4) is 0 Å². The van der Waals surface area contributed by atoms with Crippen LogP contribution in [0.5, 0.6) is 0 Å². The van der Waals surface area contributed by atoms with Crippen LogP contribution in [0.25, 0.3) is 0 Å².